The zero-order valence-corrected chi connectivity index (χ0v) is 18.7. The normalized spacial score (nSPS) is 10.6. The van der Waals surface area contributed by atoms with E-state index >= 15 is 0 Å². The summed E-state index contributed by atoms with van der Waals surface area (Å²) in [6.07, 6.45) is 0.0870. The molecule has 0 aliphatic heterocycles. The van der Waals surface area contributed by atoms with Gasteiger partial charge in [0, 0.05) is 53.3 Å². The highest BCUT2D eigenvalue weighted by molar-refractivity contribution is 14.1. The molecule has 8 heteroatoms. The zero-order valence-electron chi connectivity index (χ0n) is 13.3. The quantitative estimate of drug-likeness (QED) is 0.155. The number of carbonyl (C=O) groups is 2. The Labute approximate surface area is 178 Å². The van der Waals surface area contributed by atoms with Crippen molar-refractivity contribution in [3.05, 3.63) is 51.6 Å². The fourth-order valence-corrected chi connectivity index (χ4v) is 3.88. The molecule has 0 amide bonds. The number of pyridine rings is 1. The Hall–Kier alpha value is -0.640. The molecule has 4 nitrogen and oxygen atoms in total. The van der Waals surface area contributed by atoms with E-state index in [4.69, 9.17) is 11.6 Å². The third-order valence-corrected chi connectivity index (χ3v) is 5.88. The van der Waals surface area contributed by atoms with E-state index in [1.165, 1.54) is 22.6 Å². The molecule has 1 aromatic heterocycles. The Morgan fingerprint density at radius 2 is 2.08 bits per heavy atom. The minimum Gasteiger partial charge on any atom is -0.359 e. The lowest BCUT2D eigenvalue weighted by atomic mass is 10.1. The van der Waals surface area contributed by atoms with Gasteiger partial charge in [0.1, 0.15) is 10.4 Å². The zero-order chi connectivity index (χ0) is 18.4. The highest BCUT2D eigenvalue weighted by Gasteiger charge is 2.12. The molecule has 0 atom stereocenters. The summed E-state index contributed by atoms with van der Waals surface area (Å²) in [4.78, 5) is 30.0. The first-order chi connectivity index (χ1) is 11.9. The number of halogens is 3. The Balaban J connectivity index is 1.90. The van der Waals surface area contributed by atoms with Crippen LogP contribution in [0.2, 0.25) is 5.02 Å². The van der Waals surface area contributed by atoms with Crippen molar-refractivity contribution < 1.29 is 9.59 Å². The maximum absolute atomic E-state index is 11.5. The molecule has 25 heavy (non-hydrogen) atoms. The van der Waals surface area contributed by atoms with E-state index in [0.29, 0.717) is 5.02 Å². The average molecular weight is 554 g/mol. The van der Waals surface area contributed by atoms with E-state index < -0.39 is 9.57 Å². The lowest BCUT2D eigenvalue weighted by molar-refractivity contribution is -0.130. The predicted molar refractivity (Wildman–Crippen MR) is 115 cm³/mol. The van der Waals surface area contributed by atoms with Gasteiger partial charge in [-0.05, 0) is 45.8 Å². The predicted octanol–water partition coefficient (Wildman–Crippen LogP) is 4.80. The number of rotatable bonds is 8. The lowest BCUT2D eigenvalue weighted by Gasteiger charge is -2.18. The van der Waals surface area contributed by atoms with E-state index in [1.54, 1.807) is 17.8 Å². The van der Waals surface area contributed by atoms with Crippen LogP contribution in [0.5, 0.6) is 0 Å². The van der Waals surface area contributed by atoms with Gasteiger partial charge in [-0.2, -0.15) is 0 Å². The fraction of sp³-hybridized carbons (Fsp3) is 0.235. The smallest absolute Gasteiger partial charge is 0.258 e. The van der Waals surface area contributed by atoms with Gasteiger partial charge < -0.3 is 4.90 Å². The van der Waals surface area contributed by atoms with E-state index in [9.17, 15) is 9.59 Å². The number of carbonyl (C=O) groups excluding carboxylic acids is 2. The summed E-state index contributed by atoms with van der Waals surface area (Å²) in [7, 11) is 1.99. The second kappa shape index (κ2) is 9.89. The first kappa shape index (κ1) is 20.7. The minimum atomic E-state index is -0.462. The van der Waals surface area contributed by atoms with Gasteiger partial charge in [-0.15, -0.1) is 11.8 Å². The summed E-state index contributed by atoms with van der Waals surface area (Å²) in [5.41, 5.74) is 0.750. The van der Waals surface area contributed by atoms with Crippen LogP contribution in [0.4, 0.5) is 5.82 Å². The average Bonchev–Trinajstić information content (AvgIpc) is 2.56. The summed E-state index contributed by atoms with van der Waals surface area (Å²) < 4.78 is 0.346. The van der Waals surface area contributed by atoms with Gasteiger partial charge in [0.15, 0.2) is 0 Å². The number of anilines is 1. The molecular weight excluding hydrogens is 539 g/mol. The molecule has 0 N–H and O–H groups in total. The van der Waals surface area contributed by atoms with E-state index in [2.05, 4.69) is 25.8 Å². The number of Topliss-reactive ketones (excluding diaryl/α,β-unsaturated/α-hetero) is 1. The Bertz CT molecular complexity index is 791. The summed E-state index contributed by atoms with van der Waals surface area (Å²) in [5.74, 6) is 1.33. The van der Waals surface area contributed by atoms with Crippen molar-refractivity contribution in [1.29, 1.82) is 0 Å². The summed E-state index contributed by atoms with van der Waals surface area (Å²) in [6.45, 7) is 0.814. The Morgan fingerprint density at radius 3 is 2.72 bits per heavy atom. The molecule has 0 radical (unpaired) electrons. The van der Waals surface area contributed by atoms with E-state index in [-0.39, 0.29) is 6.42 Å². The van der Waals surface area contributed by atoms with E-state index in [0.717, 1.165) is 33.2 Å². The van der Waals surface area contributed by atoms with Crippen molar-refractivity contribution in [2.75, 3.05) is 24.2 Å². The highest BCUT2D eigenvalue weighted by Crippen LogP contribution is 2.28. The SMILES string of the molecule is CN(CCSc1ccc(CC(=O)C(=O)I)cc1Cl)c1cccc(Br)n1. The van der Waals surface area contributed by atoms with Crippen LogP contribution in [0.1, 0.15) is 5.56 Å². The number of ketones is 1. The number of benzene rings is 1. The van der Waals surface area contributed by atoms with Crippen molar-refractivity contribution in [3.8, 4) is 0 Å². The number of hydrogen-bond donors (Lipinski definition) is 0. The molecule has 0 bridgehead atoms. The van der Waals surface area contributed by atoms with Gasteiger partial charge in [0.05, 0.1) is 5.02 Å². The summed E-state index contributed by atoms with van der Waals surface area (Å²) in [6, 6.07) is 11.3. The van der Waals surface area contributed by atoms with Crippen LogP contribution in [-0.4, -0.2) is 33.9 Å². The van der Waals surface area contributed by atoms with Gasteiger partial charge in [-0.1, -0.05) is 23.7 Å². The van der Waals surface area contributed by atoms with Crippen LogP contribution < -0.4 is 4.90 Å². The molecule has 0 fully saturated rings. The maximum atomic E-state index is 11.5. The molecule has 132 valence electrons. The van der Waals surface area contributed by atoms with Gasteiger partial charge in [0.2, 0.25) is 5.78 Å². The first-order valence-electron chi connectivity index (χ1n) is 7.34. The van der Waals surface area contributed by atoms with E-state index in [1.807, 2.05) is 37.4 Å². The maximum Gasteiger partial charge on any atom is 0.258 e. The highest BCUT2D eigenvalue weighted by atomic mass is 127. The summed E-state index contributed by atoms with van der Waals surface area (Å²) >= 11 is 12.8. The van der Waals surface area contributed by atoms with Crippen molar-refractivity contribution in [2.45, 2.75) is 11.3 Å². The number of aromatic nitrogens is 1. The molecule has 2 aromatic rings. The minimum absolute atomic E-state index is 0.0870. The van der Waals surface area contributed by atoms with Gasteiger partial charge in [-0.3, -0.25) is 9.59 Å². The van der Waals surface area contributed by atoms with Gasteiger partial charge in [-0.25, -0.2) is 4.98 Å². The van der Waals surface area contributed by atoms with Crippen LogP contribution in [0.15, 0.2) is 45.9 Å². The van der Waals surface area contributed by atoms with Crippen LogP contribution in [0, 0.1) is 0 Å². The Morgan fingerprint density at radius 1 is 1.32 bits per heavy atom. The molecule has 0 unspecified atom stereocenters. The number of hydrogen-bond acceptors (Lipinski definition) is 5. The largest absolute Gasteiger partial charge is 0.359 e. The third kappa shape index (κ3) is 6.54. The molecule has 1 heterocycles. The van der Waals surface area contributed by atoms with Crippen LogP contribution in [0.25, 0.3) is 0 Å². The van der Waals surface area contributed by atoms with Crippen molar-refractivity contribution >= 4 is 77.3 Å². The fourth-order valence-electron chi connectivity index (χ4n) is 2.04. The number of thioether (sulfide) groups is 1. The first-order valence-corrected chi connectivity index (χ1v) is 10.6. The summed E-state index contributed by atoms with van der Waals surface area (Å²) in [5, 5.41) is 0.597. The molecule has 0 aliphatic carbocycles. The molecule has 0 saturated heterocycles. The van der Waals surface area contributed by atoms with Crippen LogP contribution >= 0.6 is 61.9 Å². The van der Waals surface area contributed by atoms with Gasteiger partial charge >= 0.3 is 0 Å². The second-order valence-electron chi connectivity index (χ2n) is 5.23. The molecule has 1 aromatic carbocycles. The second-order valence-corrected chi connectivity index (χ2v) is 8.56. The van der Waals surface area contributed by atoms with Crippen molar-refractivity contribution in [1.82, 2.24) is 4.98 Å². The molecule has 2 rings (SSSR count). The Kier molecular flexibility index (Phi) is 8.18. The van der Waals surface area contributed by atoms with Crippen molar-refractivity contribution in [3.63, 3.8) is 0 Å². The molecule has 0 aliphatic rings. The monoisotopic (exact) mass is 552 g/mol. The molecule has 0 saturated carbocycles. The molecular formula is C17H15BrClIN2O2S. The third-order valence-electron chi connectivity index (χ3n) is 3.36. The van der Waals surface area contributed by atoms with Crippen LogP contribution in [-0.2, 0) is 16.0 Å². The standard InChI is InChI=1S/C17H15BrClIN2O2S/c1-22(16-4-2-3-15(18)21-16)7-8-25-14-6-5-11(9-12(14)19)10-13(23)17(20)24/h2-6,9H,7-8,10H2,1H3. The number of nitrogens with zero attached hydrogens (tertiary/aromatic N) is 2. The van der Waals surface area contributed by atoms with Crippen LogP contribution in [0.3, 0.4) is 0 Å². The lowest BCUT2D eigenvalue weighted by Crippen LogP contribution is -2.21. The van der Waals surface area contributed by atoms with Crippen molar-refractivity contribution in [2.24, 2.45) is 0 Å². The molecule has 0 spiro atoms. The van der Waals surface area contributed by atoms with Gasteiger partial charge in [0.25, 0.3) is 3.79 Å². The topological polar surface area (TPSA) is 50.3 Å².